The van der Waals surface area contributed by atoms with Crippen LogP contribution in [0.1, 0.15) is 12.8 Å². The van der Waals surface area contributed by atoms with Crippen molar-refractivity contribution in [3.63, 3.8) is 0 Å². The van der Waals surface area contributed by atoms with E-state index in [1.54, 1.807) is 0 Å². The Bertz CT molecular complexity index is 212. The molecule has 0 fully saturated rings. The zero-order valence-electron chi connectivity index (χ0n) is 7.50. The summed E-state index contributed by atoms with van der Waals surface area (Å²) in [6, 6.07) is 0. The summed E-state index contributed by atoms with van der Waals surface area (Å²) < 4.78 is 4.64. The Morgan fingerprint density at radius 1 is 1.54 bits per heavy atom. The van der Waals surface area contributed by atoms with Gasteiger partial charge in [0.25, 0.3) is 0 Å². The predicted octanol–water partition coefficient (Wildman–Crippen LogP) is 0.763. The summed E-state index contributed by atoms with van der Waals surface area (Å²) in [6.07, 6.45) is 0.283. The number of carboxylic acids is 1. The SMILES string of the molecule is C=C(CCCOC(=O)NC)C(=O)O. The molecule has 0 saturated carbocycles. The molecule has 0 aromatic heterocycles. The second-order valence-corrected chi connectivity index (χ2v) is 2.40. The second-order valence-electron chi connectivity index (χ2n) is 2.40. The van der Waals surface area contributed by atoms with E-state index in [9.17, 15) is 9.59 Å². The van der Waals surface area contributed by atoms with Gasteiger partial charge in [-0.05, 0) is 12.8 Å². The first kappa shape index (κ1) is 11.5. The molecule has 2 N–H and O–H groups in total. The number of alkyl carbamates (subject to hydrolysis) is 1. The van der Waals surface area contributed by atoms with Crippen molar-refractivity contribution < 1.29 is 19.4 Å². The molecule has 0 radical (unpaired) electrons. The van der Waals surface area contributed by atoms with Crippen molar-refractivity contribution in [1.82, 2.24) is 5.32 Å². The highest BCUT2D eigenvalue weighted by Gasteiger charge is 2.03. The van der Waals surface area contributed by atoms with Gasteiger partial charge in [-0.2, -0.15) is 0 Å². The third-order valence-corrected chi connectivity index (χ3v) is 1.36. The minimum Gasteiger partial charge on any atom is -0.478 e. The Morgan fingerprint density at radius 3 is 2.62 bits per heavy atom. The van der Waals surface area contributed by atoms with Crippen LogP contribution < -0.4 is 5.32 Å². The van der Waals surface area contributed by atoms with E-state index in [1.807, 2.05) is 0 Å². The van der Waals surface area contributed by atoms with Crippen molar-refractivity contribution >= 4 is 12.1 Å². The Kier molecular flexibility index (Phi) is 5.34. The Balaban J connectivity index is 3.41. The summed E-state index contributed by atoms with van der Waals surface area (Å²) in [5, 5.41) is 10.7. The van der Waals surface area contributed by atoms with Gasteiger partial charge in [-0.1, -0.05) is 6.58 Å². The third-order valence-electron chi connectivity index (χ3n) is 1.36. The first-order chi connectivity index (χ1) is 6.07. The van der Waals surface area contributed by atoms with Crippen molar-refractivity contribution in [2.24, 2.45) is 0 Å². The van der Waals surface area contributed by atoms with Crippen LogP contribution in [0.2, 0.25) is 0 Å². The van der Waals surface area contributed by atoms with Gasteiger partial charge in [-0.3, -0.25) is 0 Å². The molecule has 0 unspecified atom stereocenters. The number of aliphatic carboxylic acids is 1. The molecule has 0 bridgehead atoms. The lowest BCUT2D eigenvalue weighted by atomic mass is 10.2. The molecule has 5 nitrogen and oxygen atoms in total. The summed E-state index contributed by atoms with van der Waals surface area (Å²) in [5.41, 5.74) is 0.125. The van der Waals surface area contributed by atoms with Gasteiger partial charge in [0.15, 0.2) is 0 Å². The highest BCUT2D eigenvalue weighted by Crippen LogP contribution is 2.01. The fourth-order valence-corrected chi connectivity index (χ4v) is 0.630. The van der Waals surface area contributed by atoms with Gasteiger partial charge in [0.05, 0.1) is 6.61 Å². The molecular formula is C8H13NO4. The van der Waals surface area contributed by atoms with Crippen molar-refractivity contribution in [3.05, 3.63) is 12.2 Å². The standard InChI is InChI=1S/C8H13NO4/c1-6(7(10)11)4-3-5-13-8(12)9-2/h1,3-5H2,2H3,(H,9,12)(H,10,11). The lowest BCUT2D eigenvalue weighted by Gasteiger charge is -2.03. The van der Waals surface area contributed by atoms with Gasteiger partial charge in [0.2, 0.25) is 0 Å². The molecular weight excluding hydrogens is 174 g/mol. The monoisotopic (exact) mass is 187 g/mol. The molecule has 0 saturated heterocycles. The number of amides is 1. The van der Waals surface area contributed by atoms with Crippen molar-refractivity contribution in [2.75, 3.05) is 13.7 Å². The molecule has 0 atom stereocenters. The number of hydrogen-bond donors (Lipinski definition) is 2. The first-order valence-corrected chi connectivity index (χ1v) is 3.83. The lowest BCUT2D eigenvalue weighted by molar-refractivity contribution is -0.132. The van der Waals surface area contributed by atoms with Crippen LogP contribution in [0.15, 0.2) is 12.2 Å². The van der Waals surface area contributed by atoms with E-state index in [2.05, 4.69) is 16.6 Å². The van der Waals surface area contributed by atoms with Crippen LogP contribution in [0.5, 0.6) is 0 Å². The van der Waals surface area contributed by atoms with Crippen LogP contribution in [-0.4, -0.2) is 30.8 Å². The molecule has 0 aromatic carbocycles. The van der Waals surface area contributed by atoms with Gasteiger partial charge in [-0.15, -0.1) is 0 Å². The highest BCUT2D eigenvalue weighted by molar-refractivity contribution is 5.85. The number of nitrogens with one attached hydrogen (secondary N) is 1. The van der Waals surface area contributed by atoms with Crippen LogP contribution in [0.25, 0.3) is 0 Å². The fraction of sp³-hybridized carbons (Fsp3) is 0.500. The molecule has 5 heteroatoms. The van der Waals surface area contributed by atoms with E-state index < -0.39 is 12.1 Å². The zero-order valence-corrected chi connectivity index (χ0v) is 7.50. The number of ether oxygens (including phenoxy) is 1. The van der Waals surface area contributed by atoms with Crippen molar-refractivity contribution in [1.29, 1.82) is 0 Å². The topological polar surface area (TPSA) is 75.6 Å². The van der Waals surface area contributed by atoms with E-state index in [1.165, 1.54) is 7.05 Å². The molecule has 0 rings (SSSR count). The van der Waals surface area contributed by atoms with Gasteiger partial charge in [0, 0.05) is 12.6 Å². The molecule has 13 heavy (non-hydrogen) atoms. The molecule has 0 heterocycles. The van der Waals surface area contributed by atoms with Gasteiger partial charge < -0.3 is 15.2 Å². The van der Waals surface area contributed by atoms with Crippen molar-refractivity contribution in [3.8, 4) is 0 Å². The van der Waals surface area contributed by atoms with Crippen LogP contribution in [0.3, 0.4) is 0 Å². The maximum absolute atomic E-state index is 10.5. The van der Waals surface area contributed by atoms with Crippen LogP contribution in [0.4, 0.5) is 4.79 Å². The van der Waals surface area contributed by atoms with Gasteiger partial charge in [-0.25, -0.2) is 9.59 Å². The van der Waals surface area contributed by atoms with E-state index in [4.69, 9.17) is 5.11 Å². The van der Waals surface area contributed by atoms with E-state index in [0.29, 0.717) is 12.8 Å². The molecule has 0 aliphatic heterocycles. The summed E-state index contributed by atoms with van der Waals surface area (Å²) in [7, 11) is 1.46. The average Bonchev–Trinajstić information content (AvgIpc) is 2.11. The summed E-state index contributed by atoms with van der Waals surface area (Å²) >= 11 is 0. The maximum Gasteiger partial charge on any atom is 0.406 e. The normalized spacial score (nSPS) is 9.00. The Morgan fingerprint density at radius 2 is 2.15 bits per heavy atom. The largest absolute Gasteiger partial charge is 0.478 e. The predicted molar refractivity (Wildman–Crippen MR) is 46.4 cm³/mol. The summed E-state index contributed by atoms with van der Waals surface area (Å²) in [4.78, 5) is 20.8. The van der Waals surface area contributed by atoms with Crippen LogP contribution in [0, 0.1) is 0 Å². The number of carbonyl (C=O) groups is 2. The quantitative estimate of drug-likeness (QED) is 0.492. The number of carboxylic acid groups (broad SMARTS) is 1. The van der Waals surface area contributed by atoms with Crippen LogP contribution in [-0.2, 0) is 9.53 Å². The Labute approximate surface area is 76.4 Å². The molecule has 0 aliphatic rings. The molecule has 0 spiro atoms. The van der Waals surface area contributed by atoms with E-state index in [0.717, 1.165) is 0 Å². The summed E-state index contributed by atoms with van der Waals surface area (Å²) in [5.74, 6) is -1.01. The minimum absolute atomic E-state index is 0.125. The third kappa shape index (κ3) is 5.72. The minimum atomic E-state index is -1.01. The summed E-state index contributed by atoms with van der Waals surface area (Å²) in [6.45, 7) is 3.54. The van der Waals surface area contributed by atoms with E-state index >= 15 is 0 Å². The zero-order chi connectivity index (χ0) is 10.3. The Hall–Kier alpha value is -1.52. The number of carbonyl (C=O) groups excluding carboxylic acids is 1. The molecule has 0 aliphatic carbocycles. The molecule has 1 amide bonds. The second kappa shape index (κ2) is 6.05. The first-order valence-electron chi connectivity index (χ1n) is 3.83. The molecule has 74 valence electrons. The highest BCUT2D eigenvalue weighted by atomic mass is 16.5. The fourth-order valence-electron chi connectivity index (χ4n) is 0.630. The van der Waals surface area contributed by atoms with Crippen molar-refractivity contribution in [2.45, 2.75) is 12.8 Å². The number of hydrogen-bond acceptors (Lipinski definition) is 3. The number of rotatable bonds is 5. The van der Waals surface area contributed by atoms with E-state index in [-0.39, 0.29) is 12.2 Å². The average molecular weight is 187 g/mol. The van der Waals surface area contributed by atoms with Gasteiger partial charge in [0.1, 0.15) is 0 Å². The molecule has 0 aromatic rings. The smallest absolute Gasteiger partial charge is 0.406 e. The van der Waals surface area contributed by atoms with Gasteiger partial charge >= 0.3 is 12.1 Å². The lowest BCUT2D eigenvalue weighted by Crippen LogP contribution is -2.19. The van der Waals surface area contributed by atoms with Crippen LogP contribution >= 0.6 is 0 Å². The maximum atomic E-state index is 10.5.